The highest BCUT2D eigenvalue weighted by Crippen LogP contribution is 2.17. The van der Waals surface area contributed by atoms with Crippen molar-refractivity contribution in [3.8, 4) is 0 Å². The molecule has 2 N–H and O–H groups in total. The van der Waals surface area contributed by atoms with E-state index in [0.29, 0.717) is 22.0 Å². The monoisotopic (exact) mass is 378 g/mol. The van der Waals surface area contributed by atoms with Crippen LogP contribution in [-0.2, 0) is 11.2 Å². The Morgan fingerprint density at radius 3 is 2.30 bits per heavy atom. The van der Waals surface area contributed by atoms with Crippen LogP contribution in [0, 0.1) is 6.92 Å². The molecule has 0 fully saturated rings. The molecule has 3 aromatic rings. The summed E-state index contributed by atoms with van der Waals surface area (Å²) < 4.78 is 0. The molecule has 4 nitrogen and oxygen atoms in total. The van der Waals surface area contributed by atoms with Crippen molar-refractivity contribution in [3.63, 3.8) is 0 Å². The number of benzene rings is 3. The van der Waals surface area contributed by atoms with Crippen molar-refractivity contribution in [3.05, 3.63) is 94.5 Å². The van der Waals surface area contributed by atoms with E-state index in [-0.39, 0.29) is 18.2 Å². The lowest BCUT2D eigenvalue weighted by molar-refractivity contribution is -0.115. The normalized spacial score (nSPS) is 10.3. The van der Waals surface area contributed by atoms with Gasteiger partial charge in [-0.1, -0.05) is 48.0 Å². The lowest BCUT2D eigenvalue weighted by Gasteiger charge is -2.10. The van der Waals surface area contributed by atoms with Gasteiger partial charge in [0.05, 0.1) is 6.42 Å². The maximum atomic E-state index is 12.4. The first-order valence-electron chi connectivity index (χ1n) is 8.52. The molecule has 0 bridgehead atoms. The molecule has 2 amide bonds. The van der Waals surface area contributed by atoms with Crippen LogP contribution < -0.4 is 10.6 Å². The highest BCUT2D eigenvalue weighted by molar-refractivity contribution is 6.31. The number of anilines is 2. The number of hydrogen-bond donors (Lipinski definition) is 2. The van der Waals surface area contributed by atoms with Gasteiger partial charge in [-0.15, -0.1) is 0 Å². The van der Waals surface area contributed by atoms with Crippen molar-refractivity contribution < 1.29 is 9.59 Å². The molecule has 0 aliphatic rings. The molecule has 0 aliphatic carbocycles. The van der Waals surface area contributed by atoms with Gasteiger partial charge in [0.2, 0.25) is 5.91 Å². The third-order valence-electron chi connectivity index (χ3n) is 4.10. The summed E-state index contributed by atoms with van der Waals surface area (Å²) in [5, 5.41) is 6.18. The first kappa shape index (κ1) is 18.7. The maximum absolute atomic E-state index is 12.4. The second-order valence-corrected chi connectivity index (χ2v) is 6.63. The largest absolute Gasteiger partial charge is 0.326 e. The average Bonchev–Trinajstić information content (AvgIpc) is 2.64. The van der Waals surface area contributed by atoms with Crippen LogP contribution in [0.2, 0.25) is 5.02 Å². The summed E-state index contributed by atoms with van der Waals surface area (Å²) in [5.74, 6) is -0.399. The van der Waals surface area contributed by atoms with Crippen molar-refractivity contribution >= 4 is 34.8 Å². The van der Waals surface area contributed by atoms with Crippen LogP contribution in [0.15, 0.2) is 72.8 Å². The fraction of sp³-hybridized carbons (Fsp3) is 0.0909. The summed E-state index contributed by atoms with van der Waals surface area (Å²) in [6.07, 6.45) is 0.283. The van der Waals surface area contributed by atoms with Crippen molar-refractivity contribution in [1.82, 2.24) is 0 Å². The summed E-state index contributed by atoms with van der Waals surface area (Å²) in [5.41, 5.74) is 3.68. The van der Waals surface area contributed by atoms with Gasteiger partial charge in [0, 0.05) is 22.0 Å². The molecule has 0 unspecified atom stereocenters. The average molecular weight is 379 g/mol. The van der Waals surface area contributed by atoms with E-state index < -0.39 is 0 Å². The summed E-state index contributed by atoms with van der Waals surface area (Å²) in [7, 11) is 0. The predicted molar refractivity (Wildman–Crippen MR) is 109 cm³/mol. The molecule has 0 atom stereocenters. The number of halogens is 1. The Morgan fingerprint density at radius 1 is 0.852 bits per heavy atom. The topological polar surface area (TPSA) is 58.2 Å². The molecule has 0 aliphatic heterocycles. The van der Waals surface area contributed by atoms with Crippen LogP contribution >= 0.6 is 11.6 Å². The molecule has 0 heterocycles. The van der Waals surface area contributed by atoms with Gasteiger partial charge in [0.1, 0.15) is 0 Å². The molecule has 136 valence electrons. The first-order chi connectivity index (χ1) is 13.0. The second kappa shape index (κ2) is 8.52. The minimum atomic E-state index is -0.271. The number of carbonyl (C=O) groups excluding carboxylic acids is 2. The minimum Gasteiger partial charge on any atom is -0.326 e. The Morgan fingerprint density at radius 2 is 1.56 bits per heavy atom. The molecule has 5 heteroatoms. The van der Waals surface area contributed by atoms with E-state index >= 15 is 0 Å². The van der Waals surface area contributed by atoms with E-state index in [1.54, 1.807) is 48.5 Å². The van der Waals surface area contributed by atoms with Crippen molar-refractivity contribution in [2.24, 2.45) is 0 Å². The third-order valence-corrected chi connectivity index (χ3v) is 4.34. The molecule has 3 aromatic carbocycles. The van der Waals surface area contributed by atoms with Crippen LogP contribution in [0.3, 0.4) is 0 Å². The Kier molecular flexibility index (Phi) is 5.89. The van der Waals surface area contributed by atoms with Gasteiger partial charge in [-0.25, -0.2) is 0 Å². The summed E-state index contributed by atoms with van der Waals surface area (Å²) >= 11 is 5.94. The summed E-state index contributed by atoms with van der Waals surface area (Å²) in [6, 6.07) is 21.5. The highest BCUT2D eigenvalue weighted by Gasteiger charge is 2.10. The van der Waals surface area contributed by atoms with E-state index in [9.17, 15) is 9.59 Å². The van der Waals surface area contributed by atoms with Gasteiger partial charge >= 0.3 is 0 Å². The van der Waals surface area contributed by atoms with Gasteiger partial charge in [-0.2, -0.15) is 0 Å². The Bertz CT molecular complexity index is 985. The highest BCUT2D eigenvalue weighted by atomic mass is 35.5. The zero-order valence-electron chi connectivity index (χ0n) is 14.8. The molecule has 0 aromatic heterocycles. The zero-order chi connectivity index (χ0) is 19.2. The minimum absolute atomic E-state index is 0.128. The number of nitrogens with one attached hydrogen (secondary N) is 2. The number of aryl methyl sites for hydroxylation is 1. The molecular formula is C22H19ClN2O2. The number of amides is 2. The summed E-state index contributed by atoms with van der Waals surface area (Å²) in [6.45, 7) is 1.98. The number of hydrogen-bond acceptors (Lipinski definition) is 2. The Balaban J connectivity index is 1.67. The predicted octanol–water partition coefficient (Wildman–Crippen LogP) is 5.08. The fourth-order valence-corrected chi connectivity index (χ4v) is 2.88. The van der Waals surface area contributed by atoms with Gasteiger partial charge in [-0.3, -0.25) is 9.59 Å². The molecule has 0 radical (unpaired) electrons. The third kappa shape index (κ3) is 5.19. The molecule has 27 heavy (non-hydrogen) atoms. The second-order valence-electron chi connectivity index (χ2n) is 6.20. The van der Waals surface area contributed by atoms with Crippen LogP contribution in [-0.4, -0.2) is 11.8 Å². The van der Waals surface area contributed by atoms with Crippen LogP contribution in [0.25, 0.3) is 0 Å². The van der Waals surface area contributed by atoms with Crippen molar-refractivity contribution in [2.75, 3.05) is 10.6 Å². The first-order valence-corrected chi connectivity index (χ1v) is 8.90. The lowest BCUT2D eigenvalue weighted by atomic mass is 10.1. The molecule has 0 saturated heterocycles. The molecule has 0 spiro atoms. The maximum Gasteiger partial charge on any atom is 0.255 e. The van der Waals surface area contributed by atoms with Crippen molar-refractivity contribution in [2.45, 2.75) is 13.3 Å². The quantitative estimate of drug-likeness (QED) is 0.650. The Hall–Kier alpha value is -3.11. The standard InChI is InChI=1S/C22H19ClN2O2/c1-15-6-2-3-7-16(15)13-21(26)24-19-10-4-8-17(12-19)22(27)25-20-11-5-9-18(23)14-20/h2-12,14H,13H2,1H3,(H,24,26)(H,25,27). The van der Waals surface area contributed by atoms with E-state index in [1.807, 2.05) is 31.2 Å². The number of rotatable bonds is 5. The summed E-state index contributed by atoms with van der Waals surface area (Å²) in [4.78, 5) is 24.7. The van der Waals surface area contributed by atoms with E-state index in [4.69, 9.17) is 11.6 Å². The molecule has 3 rings (SSSR count). The fourth-order valence-electron chi connectivity index (χ4n) is 2.69. The lowest BCUT2D eigenvalue weighted by Crippen LogP contribution is -2.16. The molecule has 0 saturated carbocycles. The zero-order valence-corrected chi connectivity index (χ0v) is 15.6. The van der Waals surface area contributed by atoms with E-state index in [1.165, 1.54) is 0 Å². The Labute approximate surface area is 163 Å². The van der Waals surface area contributed by atoms with Gasteiger partial charge in [0.15, 0.2) is 0 Å². The smallest absolute Gasteiger partial charge is 0.255 e. The van der Waals surface area contributed by atoms with Gasteiger partial charge in [0.25, 0.3) is 5.91 Å². The molecular weight excluding hydrogens is 360 g/mol. The van der Waals surface area contributed by atoms with E-state index in [2.05, 4.69) is 10.6 Å². The van der Waals surface area contributed by atoms with Crippen molar-refractivity contribution in [1.29, 1.82) is 0 Å². The van der Waals surface area contributed by atoms with Crippen LogP contribution in [0.5, 0.6) is 0 Å². The van der Waals surface area contributed by atoms with Crippen LogP contribution in [0.4, 0.5) is 11.4 Å². The van der Waals surface area contributed by atoms with Crippen LogP contribution in [0.1, 0.15) is 21.5 Å². The van der Waals surface area contributed by atoms with Gasteiger partial charge < -0.3 is 10.6 Å². The number of carbonyl (C=O) groups is 2. The van der Waals surface area contributed by atoms with E-state index in [0.717, 1.165) is 11.1 Å². The SMILES string of the molecule is Cc1ccccc1CC(=O)Nc1cccc(C(=O)Nc2cccc(Cl)c2)c1. The van der Waals surface area contributed by atoms with Gasteiger partial charge in [-0.05, 0) is 54.4 Å².